The maximum Gasteiger partial charge on any atom is 0.326 e. The van der Waals surface area contributed by atoms with E-state index in [2.05, 4.69) is 10.6 Å². The van der Waals surface area contributed by atoms with Crippen LogP contribution in [-0.2, 0) is 24.0 Å². The number of likely N-dealkylation sites (tertiary alicyclic amines) is 1. The van der Waals surface area contributed by atoms with Crippen LogP contribution in [0.25, 0.3) is 0 Å². The molecule has 0 aromatic heterocycles. The van der Waals surface area contributed by atoms with Gasteiger partial charge >= 0.3 is 11.9 Å². The summed E-state index contributed by atoms with van der Waals surface area (Å²) in [5, 5.41) is 23.3. The summed E-state index contributed by atoms with van der Waals surface area (Å²) >= 11 is 0. The van der Waals surface area contributed by atoms with Gasteiger partial charge in [-0.1, -0.05) is 27.7 Å². The Bertz CT molecular complexity index is 695. The van der Waals surface area contributed by atoms with E-state index in [4.69, 9.17) is 10.8 Å². The van der Waals surface area contributed by atoms with Crippen molar-refractivity contribution in [3.05, 3.63) is 0 Å². The smallest absolute Gasteiger partial charge is 0.326 e. The van der Waals surface area contributed by atoms with Gasteiger partial charge in [-0.25, -0.2) is 4.79 Å². The molecule has 6 N–H and O–H groups in total. The number of rotatable bonds is 11. The summed E-state index contributed by atoms with van der Waals surface area (Å²) in [5.41, 5.74) is 5.81. The molecular formula is C20H34N4O7. The van der Waals surface area contributed by atoms with E-state index in [1.165, 1.54) is 4.90 Å². The van der Waals surface area contributed by atoms with Crippen molar-refractivity contribution in [2.24, 2.45) is 17.6 Å². The number of hydrogen-bond acceptors (Lipinski definition) is 6. The van der Waals surface area contributed by atoms with Crippen molar-refractivity contribution in [3.63, 3.8) is 0 Å². The minimum atomic E-state index is -1.42. The van der Waals surface area contributed by atoms with Crippen LogP contribution in [0.1, 0.15) is 53.4 Å². The van der Waals surface area contributed by atoms with Gasteiger partial charge < -0.3 is 31.5 Å². The van der Waals surface area contributed by atoms with E-state index in [0.29, 0.717) is 19.3 Å². The lowest BCUT2D eigenvalue weighted by atomic mass is 10.0. The highest BCUT2D eigenvalue weighted by atomic mass is 16.4. The van der Waals surface area contributed by atoms with Gasteiger partial charge in [0.05, 0.1) is 12.5 Å². The third kappa shape index (κ3) is 7.82. The first-order chi connectivity index (χ1) is 14.3. The summed E-state index contributed by atoms with van der Waals surface area (Å²) < 4.78 is 0. The number of hydrogen-bond donors (Lipinski definition) is 5. The number of aliphatic carboxylic acids is 2. The Hall–Kier alpha value is -2.69. The fourth-order valence-electron chi connectivity index (χ4n) is 3.51. The summed E-state index contributed by atoms with van der Waals surface area (Å²) in [4.78, 5) is 61.9. The van der Waals surface area contributed by atoms with Crippen molar-refractivity contribution in [2.75, 3.05) is 6.54 Å². The van der Waals surface area contributed by atoms with Crippen LogP contribution in [0.5, 0.6) is 0 Å². The van der Waals surface area contributed by atoms with Crippen molar-refractivity contribution < 1.29 is 34.2 Å². The van der Waals surface area contributed by atoms with E-state index in [1.54, 1.807) is 13.8 Å². The van der Waals surface area contributed by atoms with Gasteiger partial charge in [-0.3, -0.25) is 19.2 Å². The number of carbonyl (C=O) groups excluding carboxylic acids is 3. The Labute approximate surface area is 181 Å². The Balaban J connectivity index is 2.96. The molecule has 1 aliphatic rings. The van der Waals surface area contributed by atoms with Gasteiger partial charge in [-0.15, -0.1) is 0 Å². The lowest BCUT2D eigenvalue weighted by Gasteiger charge is -2.30. The standard InChI is InChI=1S/C20H34N4O7/c1-10(2)8-12(21)17(27)22-13(9-15(25)26)18(28)23-16(11(3)4)19(29)24-7-5-6-14(24)20(30)31/h10-14,16H,5-9,21H2,1-4H3,(H,22,27)(H,23,28)(H,25,26)(H,30,31). The molecule has 11 heteroatoms. The normalized spacial score (nSPS) is 19.1. The first kappa shape index (κ1) is 26.3. The van der Waals surface area contributed by atoms with E-state index in [0.717, 1.165) is 0 Å². The molecule has 0 saturated carbocycles. The second-order valence-electron chi connectivity index (χ2n) is 8.65. The molecule has 3 amide bonds. The van der Waals surface area contributed by atoms with Crippen molar-refractivity contribution in [3.8, 4) is 0 Å². The minimum Gasteiger partial charge on any atom is -0.481 e. The zero-order chi connectivity index (χ0) is 23.9. The number of nitrogens with zero attached hydrogens (tertiary/aromatic N) is 1. The molecule has 0 bridgehead atoms. The lowest BCUT2D eigenvalue weighted by Crippen LogP contribution is -2.58. The van der Waals surface area contributed by atoms with Crippen molar-refractivity contribution >= 4 is 29.7 Å². The molecule has 0 aromatic carbocycles. The molecular weight excluding hydrogens is 408 g/mol. The number of carboxylic acid groups (broad SMARTS) is 2. The summed E-state index contributed by atoms with van der Waals surface area (Å²) in [7, 11) is 0. The summed E-state index contributed by atoms with van der Waals surface area (Å²) in [6.07, 6.45) is 0.524. The fourth-order valence-corrected chi connectivity index (χ4v) is 3.51. The predicted molar refractivity (Wildman–Crippen MR) is 111 cm³/mol. The maximum atomic E-state index is 13.0. The largest absolute Gasteiger partial charge is 0.481 e. The molecule has 1 heterocycles. The van der Waals surface area contributed by atoms with Crippen LogP contribution in [0, 0.1) is 11.8 Å². The van der Waals surface area contributed by atoms with Gasteiger partial charge in [-0.2, -0.15) is 0 Å². The zero-order valence-electron chi connectivity index (χ0n) is 18.5. The second-order valence-corrected chi connectivity index (χ2v) is 8.65. The first-order valence-corrected chi connectivity index (χ1v) is 10.5. The molecule has 1 fully saturated rings. The SMILES string of the molecule is CC(C)CC(N)C(=O)NC(CC(=O)O)C(=O)NC(C(=O)N1CCCC1C(=O)O)C(C)C. The molecule has 1 saturated heterocycles. The molecule has 4 atom stereocenters. The molecule has 4 unspecified atom stereocenters. The first-order valence-electron chi connectivity index (χ1n) is 10.5. The highest BCUT2D eigenvalue weighted by Gasteiger charge is 2.39. The van der Waals surface area contributed by atoms with E-state index >= 15 is 0 Å². The Kier molecular flexibility index (Phi) is 9.89. The molecule has 1 aliphatic heterocycles. The maximum absolute atomic E-state index is 13.0. The van der Waals surface area contributed by atoms with Crippen LogP contribution in [-0.4, -0.2) is 75.5 Å². The van der Waals surface area contributed by atoms with Crippen molar-refractivity contribution in [1.29, 1.82) is 0 Å². The zero-order valence-corrected chi connectivity index (χ0v) is 18.5. The van der Waals surface area contributed by atoms with E-state index in [9.17, 15) is 29.1 Å². The van der Waals surface area contributed by atoms with E-state index in [1.807, 2.05) is 13.8 Å². The fraction of sp³-hybridized carbons (Fsp3) is 0.750. The van der Waals surface area contributed by atoms with Crippen molar-refractivity contribution in [1.82, 2.24) is 15.5 Å². The number of amides is 3. The van der Waals surface area contributed by atoms with Crippen LogP contribution >= 0.6 is 0 Å². The van der Waals surface area contributed by atoms with Gasteiger partial charge in [0.25, 0.3) is 0 Å². The van der Waals surface area contributed by atoms with Gasteiger partial charge in [0.15, 0.2) is 0 Å². The third-order valence-electron chi connectivity index (χ3n) is 5.13. The second kappa shape index (κ2) is 11.6. The van der Waals surface area contributed by atoms with Crippen LogP contribution in [0.4, 0.5) is 0 Å². The molecule has 176 valence electrons. The predicted octanol–water partition coefficient (Wildman–Crippen LogP) is -0.464. The molecule has 0 aliphatic carbocycles. The molecule has 11 nitrogen and oxygen atoms in total. The molecule has 0 radical (unpaired) electrons. The average molecular weight is 443 g/mol. The van der Waals surface area contributed by atoms with Crippen LogP contribution in [0.3, 0.4) is 0 Å². The molecule has 0 aromatic rings. The van der Waals surface area contributed by atoms with E-state index < -0.39 is 66.2 Å². The minimum absolute atomic E-state index is 0.123. The van der Waals surface area contributed by atoms with Gasteiger partial charge in [0.1, 0.15) is 18.1 Å². The topological polar surface area (TPSA) is 179 Å². The number of nitrogens with one attached hydrogen (secondary N) is 2. The highest BCUT2D eigenvalue weighted by Crippen LogP contribution is 2.20. The molecule has 1 rings (SSSR count). The Morgan fingerprint density at radius 2 is 1.65 bits per heavy atom. The Morgan fingerprint density at radius 3 is 2.13 bits per heavy atom. The lowest BCUT2D eigenvalue weighted by molar-refractivity contribution is -0.150. The third-order valence-corrected chi connectivity index (χ3v) is 5.13. The quantitative estimate of drug-likeness (QED) is 0.285. The number of carboxylic acids is 2. The monoisotopic (exact) mass is 442 g/mol. The number of carbonyl (C=O) groups is 5. The van der Waals surface area contributed by atoms with Crippen LogP contribution < -0.4 is 16.4 Å². The highest BCUT2D eigenvalue weighted by molar-refractivity contribution is 5.95. The van der Waals surface area contributed by atoms with Gasteiger partial charge in [-0.05, 0) is 31.1 Å². The Morgan fingerprint density at radius 1 is 1.03 bits per heavy atom. The van der Waals surface area contributed by atoms with Crippen molar-refractivity contribution in [2.45, 2.75) is 77.5 Å². The summed E-state index contributed by atoms with van der Waals surface area (Å²) in [5.74, 6) is -4.75. The summed E-state index contributed by atoms with van der Waals surface area (Å²) in [6.45, 7) is 7.36. The summed E-state index contributed by atoms with van der Waals surface area (Å²) in [6, 6.07) is -4.36. The average Bonchev–Trinajstić information content (AvgIpc) is 3.13. The van der Waals surface area contributed by atoms with E-state index in [-0.39, 0.29) is 12.5 Å². The number of nitrogens with two attached hydrogens (primary N) is 1. The molecule has 0 spiro atoms. The van der Waals surface area contributed by atoms with Crippen LogP contribution in [0.15, 0.2) is 0 Å². The molecule has 31 heavy (non-hydrogen) atoms. The van der Waals surface area contributed by atoms with Gasteiger partial charge in [0.2, 0.25) is 17.7 Å². The van der Waals surface area contributed by atoms with Gasteiger partial charge in [0, 0.05) is 6.54 Å². The van der Waals surface area contributed by atoms with Crippen LogP contribution in [0.2, 0.25) is 0 Å².